The van der Waals surface area contributed by atoms with Gasteiger partial charge in [-0.1, -0.05) is 0 Å². The van der Waals surface area contributed by atoms with E-state index >= 15 is 0 Å². The number of hydrogen-bond acceptors (Lipinski definition) is 0. The second kappa shape index (κ2) is 9.53. The normalized spacial score (nSPS) is 19.4. The van der Waals surface area contributed by atoms with Crippen molar-refractivity contribution in [1.29, 1.82) is 0 Å². The zero-order chi connectivity index (χ0) is 23.3. The van der Waals surface area contributed by atoms with Crippen molar-refractivity contribution in [3.63, 3.8) is 0 Å². The van der Waals surface area contributed by atoms with Gasteiger partial charge in [-0.2, -0.15) is 0 Å². The van der Waals surface area contributed by atoms with Gasteiger partial charge < -0.3 is 0 Å². The third-order valence-electron chi connectivity index (χ3n) is 7.30. The molecule has 2 aromatic rings. The summed E-state index contributed by atoms with van der Waals surface area (Å²) in [5.41, 5.74) is 11.4. The Kier molecular flexibility index (Phi) is 6.84. The molecule has 0 N–H and O–H groups in total. The molecule has 4 heteroatoms. The Labute approximate surface area is 214 Å². The molecule has 33 heavy (non-hydrogen) atoms. The van der Waals surface area contributed by atoms with Crippen LogP contribution in [0.1, 0.15) is 43.7 Å². The SMILES string of the molecule is CCCC1=[C]([Hf]([Cl])[Cl])C2=CC=CC(=[Si](C)C)C(C)C2=C1C1c2ccccc2-c2ccccc21. The molecular weight excluding hydrogens is 626 g/mol. The summed E-state index contributed by atoms with van der Waals surface area (Å²) in [7, 11) is 13.3. The van der Waals surface area contributed by atoms with E-state index in [1.165, 1.54) is 47.9 Å². The van der Waals surface area contributed by atoms with E-state index in [0.29, 0.717) is 5.92 Å². The second-order valence-corrected chi connectivity index (χ2v) is 23.4. The van der Waals surface area contributed by atoms with Crippen LogP contribution in [0.4, 0.5) is 0 Å². The number of hydrogen-bond donors (Lipinski definition) is 0. The number of benzene rings is 2. The van der Waals surface area contributed by atoms with Gasteiger partial charge in [-0.25, -0.2) is 0 Å². The van der Waals surface area contributed by atoms with E-state index in [1.807, 2.05) is 0 Å². The van der Waals surface area contributed by atoms with Crippen molar-refractivity contribution in [2.24, 2.45) is 5.92 Å². The van der Waals surface area contributed by atoms with E-state index < -0.39 is 27.5 Å². The first-order valence-electron chi connectivity index (χ1n) is 11.9. The van der Waals surface area contributed by atoms with Crippen molar-refractivity contribution in [2.45, 2.75) is 45.7 Å². The molecule has 5 rings (SSSR count). The van der Waals surface area contributed by atoms with E-state index in [0.717, 1.165) is 12.8 Å². The monoisotopic (exact) mass is 655 g/mol. The third kappa shape index (κ3) is 3.86. The van der Waals surface area contributed by atoms with E-state index in [-0.39, 0.29) is 5.92 Å². The fourth-order valence-electron chi connectivity index (χ4n) is 6.05. The molecule has 1 atom stereocenters. The van der Waals surface area contributed by atoms with Gasteiger partial charge in [0, 0.05) is 0 Å². The number of fused-ring (bicyclic) bond motifs is 4. The van der Waals surface area contributed by atoms with Crippen LogP contribution in [-0.4, -0.2) is 13.6 Å². The Hall–Kier alpha value is -1.06. The molecule has 0 saturated heterocycles. The Morgan fingerprint density at radius 3 is 2.06 bits per heavy atom. The Morgan fingerprint density at radius 1 is 0.909 bits per heavy atom. The average Bonchev–Trinajstić information content (AvgIpc) is 3.22. The second-order valence-electron chi connectivity index (χ2n) is 9.42. The van der Waals surface area contributed by atoms with Gasteiger partial charge in [0.2, 0.25) is 0 Å². The summed E-state index contributed by atoms with van der Waals surface area (Å²) in [4.78, 5) is 0. The van der Waals surface area contributed by atoms with Gasteiger partial charge in [0.05, 0.1) is 0 Å². The molecule has 0 aromatic heterocycles. The van der Waals surface area contributed by atoms with Crippen molar-refractivity contribution in [3.05, 3.63) is 104 Å². The topological polar surface area (TPSA) is 0 Å². The van der Waals surface area contributed by atoms with Gasteiger partial charge in [0.25, 0.3) is 0 Å². The number of halogens is 2. The van der Waals surface area contributed by atoms with Crippen LogP contribution in [0.5, 0.6) is 0 Å². The quantitative estimate of drug-likeness (QED) is 0.289. The van der Waals surface area contributed by atoms with Crippen LogP contribution in [-0.2, 0) is 19.1 Å². The van der Waals surface area contributed by atoms with E-state index in [4.69, 9.17) is 17.2 Å². The van der Waals surface area contributed by atoms with Gasteiger partial charge in [0.1, 0.15) is 0 Å². The Balaban J connectivity index is 1.87. The van der Waals surface area contributed by atoms with Crippen molar-refractivity contribution >= 4 is 30.7 Å². The maximum atomic E-state index is 6.94. The molecule has 0 heterocycles. The van der Waals surface area contributed by atoms with E-state index in [2.05, 4.69) is 93.7 Å². The molecular formula is C29H29Cl2HfSi. The minimum absolute atomic E-state index is 0.250. The predicted molar refractivity (Wildman–Crippen MR) is 143 cm³/mol. The van der Waals surface area contributed by atoms with Crippen LogP contribution in [0, 0.1) is 5.92 Å². The molecule has 0 spiro atoms. The van der Waals surface area contributed by atoms with Gasteiger partial charge >= 0.3 is 216 Å². The third-order valence-corrected chi connectivity index (χ3v) is 15.6. The van der Waals surface area contributed by atoms with Gasteiger partial charge in [-0.05, 0) is 0 Å². The average molecular weight is 655 g/mol. The standard InChI is InChI=1S/C29H29Si.2ClH.Hf/c1-5-11-20-18-21-12-10-17-26(30(3)4)19(2)27(21)28(20)29-24-15-8-6-13-22(24)23-14-7-9-16-25(23)29;;;/h6-10,12-17,19,29H,5,11H2,1-4H3;2*1H;/q;;;+2/p-2. The molecule has 0 bridgehead atoms. The molecule has 167 valence electrons. The summed E-state index contributed by atoms with van der Waals surface area (Å²) in [5, 5.41) is 1.59. The van der Waals surface area contributed by atoms with Crippen LogP contribution < -0.4 is 0 Å². The summed E-state index contributed by atoms with van der Waals surface area (Å²) < 4.78 is 1.34. The predicted octanol–water partition coefficient (Wildman–Crippen LogP) is 8.73. The van der Waals surface area contributed by atoms with Crippen molar-refractivity contribution in [1.82, 2.24) is 0 Å². The molecule has 0 nitrogen and oxygen atoms in total. The molecule has 0 fully saturated rings. The fraction of sp³-hybridized carbons (Fsp3) is 0.276. The van der Waals surface area contributed by atoms with Crippen LogP contribution in [0.2, 0.25) is 13.1 Å². The van der Waals surface area contributed by atoms with Crippen LogP contribution in [0.15, 0.2) is 92.4 Å². The number of allylic oxidation sites excluding steroid dienone is 8. The maximum absolute atomic E-state index is 6.94. The Bertz CT molecular complexity index is 1240. The molecule has 1 unspecified atom stereocenters. The van der Waals surface area contributed by atoms with Crippen LogP contribution in [0.25, 0.3) is 11.1 Å². The van der Waals surface area contributed by atoms with Gasteiger partial charge in [-0.3, -0.25) is 0 Å². The van der Waals surface area contributed by atoms with Crippen molar-refractivity contribution in [2.75, 3.05) is 0 Å². The first-order valence-corrected chi connectivity index (χ1v) is 25.1. The zero-order valence-electron chi connectivity index (χ0n) is 19.7. The van der Waals surface area contributed by atoms with Crippen LogP contribution >= 0.6 is 17.2 Å². The molecule has 0 aliphatic heterocycles. The van der Waals surface area contributed by atoms with E-state index in [9.17, 15) is 0 Å². The summed E-state index contributed by atoms with van der Waals surface area (Å²) >= 11 is -2.89. The van der Waals surface area contributed by atoms with Crippen molar-refractivity contribution in [3.8, 4) is 11.1 Å². The van der Waals surface area contributed by atoms with Crippen molar-refractivity contribution < 1.29 is 19.1 Å². The fourth-order valence-corrected chi connectivity index (χ4v) is 14.3. The molecule has 3 aliphatic carbocycles. The summed E-state index contributed by atoms with van der Waals surface area (Å²) in [6.45, 7) is 9.51. The minimum atomic E-state index is -2.89. The Morgan fingerprint density at radius 2 is 1.52 bits per heavy atom. The summed E-state index contributed by atoms with van der Waals surface area (Å²) in [5.74, 6) is 0.636. The molecule has 3 aliphatic rings. The summed E-state index contributed by atoms with van der Waals surface area (Å²) in [6.07, 6.45) is 9.10. The molecule has 0 radical (unpaired) electrons. The first-order chi connectivity index (χ1) is 16.0. The molecule has 0 saturated carbocycles. The number of rotatable bonds is 4. The molecule has 0 amide bonds. The van der Waals surface area contributed by atoms with Gasteiger partial charge in [-0.15, -0.1) is 0 Å². The zero-order valence-corrected chi connectivity index (χ0v) is 25.8. The van der Waals surface area contributed by atoms with E-state index in [1.54, 1.807) is 5.17 Å². The summed E-state index contributed by atoms with van der Waals surface area (Å²) in [6, 6.07) is 18.0. The molecule has 2 aromatic carbocycles. The van der Waals surface area contributed by atoms with Crippen LogP contribution in [0.3, 0.4) is 0 Å². The first kappa shape index (κ1) is 23.7. The van der Waals surface area contributed by atoms with Gasteiger partial charge in [0.15, 0.2) is 0 Å².